The van der Waals surface area contributed by atoms with E-state index in [2.05, 4.69) is 31.2 Å². The van der Waals surface area contributed by atoms with Crippen LogP contribution >= 0.6 is 27.3 Å². The number of benzene rings is 2. The van der Waals surface area contributed by atoms with E-state index >= 15 is 0 Å². The van der Waals surface area contributed by atoms with E-state index in [1.54, 1.807) is 35.7 Å². The maximum absolute atomic E-state index is 12.6. The number of hydrogen-bond acceptors (Lipinski definition) is 6. The molecule has 0 aliphatic heterocycles. The molecule has 0 fully saturated rings. The van der Waals surface area contributed by atoms with E-state index in [0.29, 0.717) is 11.5 Å². The van der Waals surface area contributed by atoms with Crippen molar-refractivity contribution < 1.29 is 17.6 Å². The smallest absolute Gasteiger partial charge is 0.273 e. The molecule has 162 valence electrons. The fraction of sp³-hybridized carbons (Fsp3) is 0. The molecule has 10 heteroatoms. The average molecular weight is 530 g/mol. The number of thiophene rings is 1. The Morgan fingerprint density at radius 1 is 1.00 bits per heavy atom. The Labute approximate surface area is 197 Å². The van der Waals surface area contributed by atoms with Crippen LogP contribution in [0, 0.1) is 0 Å². The lowest BCUT2D eigenvalue weighted by Crippen LogP contribution is -2.21. The molecule has 0 unspecified atom stereocenters. The summed E-state index contributed by atoms with van der Waals surface area (Å²) in [6.07, 6.45) is 1.37. The number of furan rings is 1. The van der Waals surface area contributed by atoms with Gasteiger partial charge in [0.15, 0.2) is 0 Å². The largest absolute Gasteiger partial charge is 0.455 e. The van der Waals surface area contributed by atoms with Crippen molar-refractivity contribution in [3.8, 4) is 11.3 Å². The molecule has 4 rings (SSSR count). The Hall–Kier alpha value is -3.21. The Kier molecular flexibility index (Phi) is 6.54. The normalized spacial score (nSPS) is 11.5. The highest BCUT2D eigenvalue weighted by Gasteiger charge is 2.19. The van der Waals surface area contributed by atoms with Gasteiger partial charge in [-0.15, -0.1) is 11.3 Å². The SMILES string of the molecule is O=C(N/N=C/c1ccc(-c2ccccc2Br)o1)c1ccccc1NS(=O)(=O)c1cccs1. The van der Waals surface area contributed by atoms with Crippen LogP contribution in [-0.4, -0.2) is 20.5 Å². The summed E-state index contributed by atoms with van der Waals surface area (Å²) in [4.78, 5) is 12.6. The van der Waals surface area contributed by atoms with Gasteiger partial charge in [-0.3, -0.25) is 9.52 Å². The zero-order chi connectivity index (χ0) is 22.6. The monoisotopic (exact) mass is 529 g/mol. The molecule has 0 saturated carbocycles. The molecule has 2 aromatic heterocycles. The molecule has 4 aromatic rings. The molecule has 0 saturated heterocycles. The summed E-state index contributed by atoms with van der Waals surface area (Å²) in [5, 5.41) is 5.59. The molecule has 0 spiro atoms. The van der Waals surface area contributed by atoms with Gasteiger partial charge in [0.25, 0.3) is 15.9 Å². The van der Waals surface area contributed by atoms with Gasteiger partial charge in [-0.1, -0.05) is 52.3 Å². The summed E-state index contributed by atoms with van der Waals surface area (Å²) in [6, 6.07) is 20.6. The van der Waals surface area contributed by atoms with Gasteiger partial charge < -0.3 is 4.42 Å². The maximum atomic E-state index is 12.6. The fourth-order valence-electron chi connectivity index (χ4n) is 2.82. The van der Waals surface area contributed by atoms with Crippen LogP contribution in [0.4, 0.5) is 5.69 Å². The molecular formula is C22H16BrN3O4S2. The van der Waals surface area contributed by atoms with Gasteiger partial charge in [-0.05, 0) is 41.8 Å². The molecule has 0 aliphatic rings. The minimum absolute atomic E-state index is 0.137. The van der Waals surface area contributed by atoms with Crippen LogP contribution < -0.4 is 10.1 Å². The van der Waals surface area contributed by atoms with Crippen molar-refractivity contribution >= 4 is 55.1 Å². The minimum Gasteiger partial charge on any atom is -0.455 e. The van der Waals surface area contributed by atoms with Gasteiger partial charge in [0.2, 0.25) is 0 Å². The molecule has 0 radical (unpaired) electrons. The highest BCUT2D eigenvalue weighted by atomic mass is 79.9. The Bertz CT molecular complexity index is 1380. The number of sulfonamides is 1. The third-order valence-electron chi connectivity index (χ3n) is 4.30. The first kappa shape index (κ1) is 22.0. The first-order chi connectivity index (χ1) is 15.4. The number of rotatable bonds is 7. The van der Waals surface area contributed by atoms with Crippen LogP contribution in [0.2, 0.25) is 0 Å². The third-order valence-corrected chi connectivity index (χ3v) is 7.75. The van der Waals surface area contributed by atoms with Crippen molar-refractivity contribution in [1.82, 2.24) is 5.43 Å². The van der Waals surface area contributed by atoms with E-state index in [-0.39, 0.29) is 15.5 Å². The lowest BCUT2D eigenvalue weighted by atomic mass is 10.2. The van der Waals surface area contributed by atoms with E-state index in [1.165, 1.54) is 24.4 Å². The van der Waals surface area contributed by atoms with Gasteiger partial charge in [0.05, 0.1) is 17.5 Å². The molecule has 2 N–H and O–H groups in total. The van der Waals surface area contributed by atoms with Gasteiger partial charge in [-0.25, -0.2) is 13.8 Å². The zero-order valence-corrected chi connectivity index (χ0v) is 19.6. The summed E-state index contributed by atoms with van der Waals surface area (Å²) < 4.78 is 34.3. The van der Waals surface area contributed by atoms with Crippen molar-refractivity contribution in [2.75, 3.05) is 4.72 Å². The van der Waals surface area contributed by atoms with Gasteiger partial charge >= 0.3 is 0 Å². The summed E-state index contributed by atoms with van der Waals surface area (Å²) in [5.41, 5.74) is 3.58. The van der Waals surface area contributed by atoms with Gasteiger partial charge in [0, 0.05) is 10.0 Å². The number of anilines is 1. The maximum Gasteiger partial charge on any atom is 0.273 e. The van der Waals surface area contributed by atoms with E-state index in [0.717, 1.165) is 21.4 Å². The fourth-order valence-corrected chi connectivity index (χ4v) is 5.38. The van der Waals surface area contributed by atoms with E-state index < -0.39 is 15.9 Å². The summed E-state index contributed by atoms with van der Waals surface area (Å²) >= 11 is 4.57. The molecule has 32 heavy (non-hydrogen) atoms. The standard InChI is InChI=1S/C22H16BrN3O4S2/c23-18-8-3-1-6-16(18)20-12-11-15(30-20)14-24-25-22(27)17-7-2-4-9-19(17)26-32(28,29)21-10-5-13-31-21/h1-14,26H,(H,25,27)/b24-14+. The van der Waals surface area contributed by atoms with Crippen LogP contribution in [-0.2, 0) is 10.0 Å². The number of halogens is 1. The molecule has 7 nitrogen and oxygen atoms in total. The summed E-state index contributed by atoms with van der Waals surface area (Å²) in [6.45, 7) is 0. The van der Waals surface area contributed by atoms with Crippen LogP contribution in [0.1, 0.15) is 16.1 Å². The number of hydrogen-bond donors (Lipinski definition) is 2. The number of nitrogens with one attached hydrogen (secondary N) is 2. The molecule has 0 atom stereocenters. The van der Waals surface area contributed by atoms with Crippen LogP contribution in [0.5, 0.6) is 0 Å². The van der Waals surface area contributed by atoms with Crippen LogP contribution in [0.25, 0.3) is 11.3 Å². The number of para-hydroxylation sites is 1. The number of carbonyl (C=O) groups is 1. The van der Waals surface area contributed by atoms with Crippen molar-refractivity contribution in [1.29, 1.82) is 0 Å². The van der Waals surface area contributed by atoms with Crippen molar-refractivity contribution in [2.45, 2.75) is 4.21 Å². The molecule has 0 aliphatic carbocycles. The average Bonchev–Trinajstić information content (AvgIpc) is 3.47. The van der Waals surface area contributed by atoms with E-state index in [9.17, 15) is 13.2 Å². The summed E-state index contributed by atoms with van der Waals surface area (Å²) in [5.74, 6) is 0.532. The highest BCUT2D eigenvalue weighted by molar-refractivity contribution is 9.10. The van der Waals surface area contributed by atoms with Gasteiger partial charge in [-0.2, -0.15) is 5.10 Å². The topological polar surface area (TPSA) is 101 Å². The summed E-state index contributed by atoms with van der Waals surface area (Å²) in [7, 11) is -3.79. The Morgan fingerprint density at radius 2 is 1.78 bits per heavy atom. The van der Waals surface area contributed by atoms with E-state index in [1.807, 2.05) is 24.3 Å². The van der Waals surface area contributed by atoms with Gasteiger partial charge in [0.1, 0.15) is 15.7 Å². The Morgan fingerprint density at radius 3 is 2.56 bits per heavy atom. The second-order valence-electron chi connectivity index (χ2n) is 6.46. The lowest BCUT2D eigenvalue weighted by Gasteiger charge is -2.10. The molecule has 1 amide bonds. The second kappa shape index (κ2) is 9.51. The number of nitrogens with zero attached hydrogens (tertiary/aromatic N) is 1. The third kappa shape index (κ3) is 4.98. The molecular weight excluding hydrogens is 514 g/mol. The van der Waals surface area contributed by atoms with Crippen LogP contribution in [0.3, 0.4) is 0 Å². The van der Waals surface area contributed by atoms with Crippen molar-refractivity contribution in [3.63, 3.8) is 0 Å². The predicted molar refractivity (Wildman–Crippen MR) is 128 cm³/mol. The van der Waals surface area contributed by atoms with E-state index in [4.69, 9.17) is 4.42 Å². The van der Waals surface area contributed by atoms with Crippen molar-refractivity contribution in [2.24, 2.45) is 5.10 Å². The zero-order valence-electron chi connectivity index (χ0n) is 16.4. The first-order valence-corrected chi connectivity index (χ1v) is 12.4. The first-order valence-electron chi connectivity index (χ1n) is 9.27. The highest BCUT2D eigenvalue weighted by Crippen LogP contribution is 2.29. The molecule has 2 aromatic carbocycles. The second-order valence-corrected chi connectivity index (χ2v) is 10.2. The molecule has 2 heterocycles. The van der Waals surface area contributed by atoms with Crippen LogP contribution in [0.15, 0.2) is 96.4 Å². The number of amides is 1. The number of hydrazone groups is 1. The lowest BCUT2D eigenvalue weighted by molar-refractivity contribution is 0.0956. The van der Waals surface area contributed by atoms with Crippen molar-refractivity contribution in [3.05, 3.63) is 94.0 Å². The molecule has 0 bridgehead atoms. The quantitative estimate of drug-likeness (QED) is 0.249. The predicted octanol–water partition coefficient (Wildman–Crippen LogP) is 5.34. The Balaban J connectivity index is 1.46. The minimum atomic E-state index is -3.79. The number of carbonyl (C=O) groups excluding carboxylic acids is 1.